The van der Waals surface area contributed by atoms with Gasteiger partial charge in [0, 0.05) is 12.6 Å². The van der Waals surface area contributed by atoms with Crippen molar-refractivity contribution in [3.05, 3.63) is 59.7 Å². The van der Waals surface area contributed by atoms with Crippen LogP contribution in [0.1, 0.15) is 43.2 Å². The van der Waals surface area contributed by atoms with Gasteiger partial charge in [-0.2, -0.15) is 0 Å². The maximum absolute atomic E-state index is 13.0. The lowest BCUT2D eigenvalue weighted by molar-refractivity contribution is -0.123. The highest BCUT2D eigenvalue weighted by atomic mass is 16.2. The van der Waals surface area contributed by atoms with Crippen molar-refractivity contribution < 1.29 is 4.79 Å². The fourth-order valence-electron chi connectivity index (χ4n) is 4.53. The van der Waals surface area contributed by atoms with E-state index >= 15 is 0 Å². The lowest BCUT2D eigenvalue weighted by Gasteiger charge is -2.36. The highest BCUT2D eigenvalue weighted by Crippen LogP contribution is 2.32. The van der Waals surface area contributed by atoms with Crippen LogP contribution in [-0.4, -0.2) is 29.4 Å². The molecule has 2 aromatic rings. The van der Waals surface area contributed by atoms with Gasteiger partial charge in [-0.3, -0.25) is 9.69 Å². The molecule has 0 aliphatic carbocycles. The van der Waals surface area contributed by atoms with Crippen molar-refractivity contribution in [2.45, 2.75) is 57.7 Å². The molecule has 2 fully saturated rings. The summed E-state index contributed by atoms with van der Waals surface area (Å²) in [5.41, 5.74) is 4.39. The Balaban J connectivity index is 1.44. The number of amides is 1. The van der Waals surface area contributed by atoms with E-state index in [1.807, 2.05) is 24.3 Å². The maximum atomic E-state index is 13.0. The Morgan fingerprint density at radius 3 is 2.59 bits per heavy atom. The van der Waals surface area contributed by atoms with Crippen molar-refractivity contribution in [2.24, 2.45) is 0 Å². The number of para-hydroxylation sites is 2. The summed E-state index contributed by atoms with van der Waals surface area (Å²) < 4.78 is 0. The van der Waals surface area contributed by atoms with Crippen molar-refractivity contribution in [3.63, 3.8) is 0 Å². The van der Waals surface area contributed by atoms with Crippen molar-refractivity contribution in [3.8, 4) is 0 Å². The molecule has 1 amide bonds. The van der Waals surface area contributed by atoms with E-state index in [1.165, 1.54) is 30.4 Å². The molecule has 142 valence electrons. The minimum absolute atomic E-state index is 0.0238. The fraction of sp³-hybridized carbons (Fsp3) is 0.435. The molecule has 0 radical (unpaired) electrons. The first-order valence-corrected chi connectivity index (χ1v) is 10.2. The van der Waals surface area contributed by atoms with Crippen molar-refractivity contribution in [1.82, 2.24) is 4.90 Å². The second kappa shape index (κ2) is 8.13. The van der Waals surface area contributed by atoms with E-state index in [1.54, 1.807) is 0 Å². The Labute approximate surface area is 162 Å². The van der Waals surface area contributed by atoms with Crippen LogP contribution in [0.5, 0.6) is 0 Å². The van der Waals surface area contributed by atoms with Gasteiger partial charge in [0.2, 0.25) is 5.91 Å². The third kappa shape index (κ3) is 4.01. The molecule has 0 saturated carbocycles. The van der Waals surface area contributed by atoms with Gasteiger partial charge in [0.25, 0.3) is 0 Å². The number of anilines is 2. The van der Waals surface area contributed by atoms with Crippen LogP contribution >= 0.6 is 0 Å². The van der Waals surface area contributed by atoms with Gasteiger partial charge in [-0.05, 0) is 68.8 Å². The predicted octanol–water partition coefficient (Wildman–Crippen LogP) is 4.56. The summed E-state index contributed by atoms with van der Waals surface area (Å²) in [6, 6.07) is 17.0. The van der Waals surface area contributed by atoms with E-state index in [0.29, 0.717) is 6.04 Å². The topological polar surface area (TPSA) is 44.4 Å². The van der Waals surface area contributed by atoms with E-state index < -0.39 is 0 Å². The molecule has 0 aromatic heterocycles. The molecule has 2 atom stereocenters. The standard InChI is InChI=1S/C23H29N3O/c1-17-8-2-3-9-18(17)16-24-20-12-4-5-13-21(20)25-23(27)22-14-6-10-19-11-7-15-26(19)22/h2-5,8-9,12-13,19,22,24H,6-7,10-11,14-16H2,1H3,(H,25,27). The number of nitrogens with one attached hydrogen (secondary N) is 2. The Morgan fingerprint density at radius 1 is 1.00 bits per heavy atom. The normalized spacial score (nSPS) is 22.3. The van der Waals surface area contributed by atoms with Gasteiger partial charge in [0.15, 0.2) is 0 Å². The Hall–Kier alpha value is -2.33. The highest BCUT2D eigenvalue weighted by Gasteiger charge is 2.37. The van der Waals surface area contributed by atoms with E-state index in [-0.39, 0.29) is 11.9 Å². The molecule has 0 spiro atoms. The van der Waals surface area contributed by atoms with E-state index in [2.05, 4.69) is 46.7 Å². The maximum Gasteiger partial charge on any atom is 0.241 e. The highest BCUT2D eigenvalue weighted by molar-refractivity contribution is 5.97. The van der Waals surface area contributed by atoms with Crippen LogP contribution < -0.4 is 10.6 Å². The molecule has 2 aliphatic heterocycles. The first-order valence-electron chi connectivity index (χ1n) is 10.2. The zero-order chi connectivity index (χ0) is 18.6. The molecule has 4 heteroatoms. The summed E-state index contributed by atoms with van der Waals surface area (Å²) >= 11 is 0. The van der Waals surface area contributed by atoms with E-state index in [9.17, 15) is 4.79 Å². The van der Waals surface area contributed by atoms with Gasteiger partial charge in [-0.1, -0.05) is 36.4 Å². The summed E-state index contributed by atoms with van der Waals surface area (Å²) in [5.74, 6) is 0.145. The molecule has 2 saturated heterocycles. The van der Waals surface area contributed by atoms with Gasteiger partial charge in [-0.15, -0.1) is 0 Å². The smallest absolute Gasteiger partial charge is 0.241 e. The summed E-state index contributed by atoms with van der Waals surface area (Å²) in [6.45, 7) is 3.94. The number of piperidine rings is 1. The molecular formula is C23H29N3O. The predicted molar refractivity (Wildman–Crippen MR) is 111 cm³/mol. The number of benzene rings is 2. The Kier molecular flexibility index (Phi) is 5.44. The molecule has 2 unspecified atom stereocenters. The second-order valence-electron chi connectivity index (χ2n) is 7.80. The monoisotopic (exact) mass is 363 g/mol. The van der Waals surface area contributed by atoms with Crippen LogP contribution in [0, 0.1) is 6.92 Å². The molecule has 0 bridgehead atoms. The average molecular weight is 364 g/mol. The first-order chi connectivity index (χ1) is 13.2. The lowest BCUT2D eigenvalue weighted by Crippen LogP contribution is -2.49. The molecule has 2 aromatic carbocycles. The number of nitrogens with zero attached hydrogens (tertiary/aromatic N) is 1. The van der Waals surface area contributed by atoms with Crippen LogP contribution in [0.4, 0.5) is 11.4 Å². The summed E-state index contributed by atoms with van der Waals surface area (Å²) in [5, 5.41) is 6.70. The molecule has 2 aliphatic rings. The summed E-state index contributed by atoms with van der Waals surface area (Å²) in [7, 11) is 0. The second-order valence-corrected chi connectivity index (χ2v) is 7.80. The SMILES string of the molecule is Cc1ccccc1CNc1ccccc1NC(=O)C1CCCC2CCCN21. The largest absolute Gasteiger partial charge is 0.379 e. The van der Waals surface area contributed by atoms with Crippen molar-refractivity contribution in [1.29, 1.82) is 0 Å². The van der Waals surface area contributed by atoms with Gasteiger partial charge in [0.05, 0.1) is 17.4 Å². The van der Waals surface area contributed by atoms with Gasteiger partial charge in [-0.25, -0.2) is 0 Å². The van der Waals surface area contributed by atoms with Crippen molar-refractivity contribution >= 4 is 17.3 Å². The number of carbonyl (C=O) groups excluding carboxylic acids is 1. The van der Waals surface area contributed by atoms with E-state index in [0.717, 1.165) is 37.3 Å². The number of hydrogen-bond acceptors (Lipinski definition) is 3. The molecule has 4 rings (SSSR count). The van der Waals surface area contributed by atoms with Crippen LogP contribution in [0.25, 0.3) is 0 Å². The number of aryl methyl sites for hydroxylation is 1. The third-order valence-electron chi connectivity index (χ3n) is 6.06. The summed E-state index contributed by atoms with van der Waals surface area (Å²) in [6.07, 6.45) is 5.85. The zero-order valence-electron chi connectivity index (χ0n) is 16.1. The third-order valence-corrected chi connectivity index (χ3v) is 6.06. The quantitative estimate of drug-likeness (QED) is 0.818. The zero-order valence-corrected chi connectivity index (χ0v) is 16.1. The van der Waals surface area contributed by atoms with Crippen LogP contribution in [0.15, 0.2) is 48.5 Å². The fourth-order valence-corrected chi connectivity index (χ4v) is 4.53. The number of rotatable bonds is 5. The van der Waals surface area contributed by atoms with Crippen molar-refractivity contribution in [2.75, 3.05) is 17.2 Å². The number of hydrogen-bond donors (Lipinski definition) is 2. The van der Waals surface area contributed by atoms with Crippen LogP contribution in [0.2, 0.25) is 0 Å². The van der Waals surface area contributed by atoms with Gasteiger partial charge >= 0.3 is 0 Å². The first kappa shape index (κ1) is 18.1. The molecule has 2 N–H and O–H groups in total. The van der Waals surface area contributed by atoms with Crippen LogP contribution in [0.3, 0.4) is 0 Å². The average Bonchev–Trinajstić information content (AvgIpc) is 3.17. The van der Waals surface area contributed by atoms with Gasteiger partial charge < -0.3 is 10.6 Å². The van der Waals surface area contributed by atoms with Gasteiger partial charge in [0.1, 0.15) is 0 Å². The molecule has 4 nitrogen and oxygen atoms in total. The minimum Gasteiger partial charge on any atom is -0.379 e. The molecular weight excluding hydrogens is 334 g/mol. The number of fused-ring (bicyclic) bond motifs is 1. The van der Waals surface area contributed by atoms with E-state index in [4.69, 9.17) is 0 Å². The van der Waals surface area contributed by atoms with Crippen LogP contribution in [-0.2, 0) is 11.3 Å². The lowest BCUT2D eigenvalue weighted by atomic mass is 9.96. The Morgan fingerprint density at radius 2 is 1.74 bits per heavy atom. The molecule has 27 heavy (non-hydrogen) atoms. The molecule has 2 heterocycles. The minimum atomic E-state index is 0.0238. The number of carbonyl (C=O) groups is 1. The summed E-state index contributed by atoms with van der Waals surface area (Å²) in [4.78, 5) is 15.4. The Bertz CT molecular complexity index is 804.